The summed E-state index contributed by atoms with van der Waals surface area (Å²) in [6, 6.07) is 8.16. The number of hydrogen-bond acceptors (Lipinski definition) is 5. The van der Waals surface area contributed by atoms with Crippen LogP contribution in [0.15, 0.2) is 24.3 Å². The van der Waals surface area contributed by atoms with Crippen molar-refractivity contribution in [2.45, 2.75) is 31.4 Å². The van der Waals surface area contributed by atoms with Crippen LogP contribution in [-0.2, 0) is 14.6 Å². The highest BCUT2D eigenvalue weighted by Gasteiger charge is 2.36. The summed E-state index contributed by atoms with van der Waals surface area (Å²) in [6.45, 7) is 1.10. The van der Waals surface area contributed by atoms with Gasteiger partial charge in [0.25, 0.3) is 5.91 Å². The molecule has 2 heterocycles. The first-order chi connectivity index (χ1) is 11.5. The molecule has 0 aromatic heterocycles. The summed E-state index contributed by atoms with van der Waals surface area (Å²) in [5.74, 6) is -0.0562. The van der Waals surface area contributed by atoms with Crippen LogP contribution in [0.25, 0.3) is 0 Å². The fourth-order valence-electron chi connectivity index (χ4n) is 3.28. The van der Waals surface area contributed by atoms with Crippen molar-refractivity contribution in [2.75, 3.05) is 24.7 Å². The van der Waals surface area contributed by atoms with E-state index in [4.69, 9.17) is 10.00 Å². The average Bonchev–Trinajstić information content (AvgIpc) is 3.21. The maximum absolute atomic E-state index is 12.9. The summed E-state index contributed by atoms with van der Waals surface area (Å²) in [5, 5.41) is 8.87. The standard InChI is InChI=1S/C17H20N2O4S/c18-10-13-3-5-14(6-4-13)17(20)19(11-16-2-1-8-23-16)15-7-9-24(21,22)12-15/h3-6,15-16H,1-2,7-9,11-12H2. The Balaban J connectivity index is 1.82. The van der Waals surface area contributed by atoms with Gasteiger partial charge in [0.2, 0.25) is 0 Å². The molecule has 1 aromatic rings. The maximum atomic E-state index is 12.9. The largest absolute Gasteiger partial charge is 0.376 e. The molecule has 2 saturated heterocycles. The smallest absolute Gasteiger partial charge is 0.254 e. The molecule has 1 aromatic carbocycles. The second-order valence-electron chi connectivity index (χ2n) is 6.34. The van der Waals surface area contributed by atoms with Gasteiger partial charge in [-0.25, -0.2) is 8.42 Å². The highest BCUT2D eigenvalue weighted by Crippen LogP contribution is 2.23. The molecular weight excluding hydrogens is 328 g/mol. The summed E-state index contributed by atoms with van der Waals surface area (Å²) < 4.78 is 29.3. The summed E-state index contributed by atoms with van der Waals surface area (Å²) in [5.41, 5.74) is 0.956. The molecule has 1 amide bonds. The number of carbonyl (C=O) groups is 1. The minimum Gasteiger partial charge on any atom is -0.376 e. The van der Waals surface area contributed by atoms with Gasteiger partial charge in [-0.3, -0.25) is 4.79 Å². The zero-order chi connectivity index (χ0) is 17.2. The Labute approximate surface area is 141 Å². The van der Waals surface area contributed by atoms with Crippen molar-refractivity contribution < 1.29 is 17.9 Å². The summed E-state index contributed by atoms with van der Waals surface area (Å²) in [7, 11) is -3.08. The molecule has 0 N–H and O–H groups in total. The molecule has 2 unspecified atom stereocenters. The first-order valence-electron chi connectivity index (χ1n) is 8.12. The lowest BCUT2D eigenvalue weighted by Gasteiger charge is -2.30. The Hall–Kier alpha value is -1.91. The molecular formula is C17H20N2O4S. The Morgan fingerprint density at radius 2 is 2.04 bits per heavy atom. The third kappa shape index (κ3) is 3.77. The molecule has 6 nitrogen and oxygen atoms in total. The average molecular weight is 348 g/mol. The van der Waals surface area contributed by atoms with Gasteiger partial charge in [0.05, 0.1) is 29.2 Å². The van der Waals surface area contributed by atoms with Crippen molar-refractivity contribution in [1.82, 2.24) is 4.90 Å². The molecule has 0 radical (unpaired) electrons. The predicted molar refractivity (Wildman–Crippen MR) is 88.2 cm³/mol. The van der Waals surface area contributed by atoms with Crippen LogP contribution in [0.1, 0.15) is 35.2 Å². The molecule has 0 bridgehead atoms. The maximum Gasteiger partial charge on any atom is 0.254 e. The first kappa shape index (κ1) is 16.9. The monoisotopic (exact) mass is 348 g/mol. The van der Waals surface area contributed by atoms with Gasteiger partial charge in [-0.1, -0.05) is 0 Å². The molecule has 0 aliphatic carbocycles. The van der Waals surface area contributed by atoms with E-state index in [-0.39, 0.29) is 29.6 Å². The van der Waals surface area contributed by atoms with Crippen LogP contribution < -0.4 is 0 Å². The number of ether oxygens (including phenoxy) is 1. The van der Waals surface area contributed by atoms with Gasteiger partial charge < -0.3 is 9.64 Å². The number of rotatable bonds is 4. The topological polar surface area (TPSA) is 87.5 Å². The Morgan fingerprint density at radius 1 is 1.29 bits per heavy atom. The van der Waals surface area contributed by atoms with E-state index < -0.39 is 9.84 Å². The van der Waals surface area contributed by atoms with Crippen LogP contribution in [0.3, 0.4) is 0 Å². The number of carbonyl (C=O) groups excluding carboxylic acids is 1. The van der Waals surface area contributed by atoms with E-state index in [1.165, 1.54) is 0 Å². The second-order valence-corrected chi connectivity index (χ2v) is 8.57. The van der Waals surface area contributed by atoms with Crippen LogP contribution in [0, 0.1) is 11.3 Å². The van der Waals surface area contributed by atoms with Crippen molar-refractivity contribution in [2.24, 2.45) is 0 Å². The summed E-state index contributed by atoms with van der Waals surface area (Å²) >= 11 is 0. The Kier molecular flexibility index (Phi) is 4.88. The molecule has 24 heavy (non-hydrogen) atoms. The normalized spacial score (nSPS) is 25.3. The van der Waals surface area contributed by atoms with E-state index in [0.717, 1.165) is 12.8 Å². The highest BCUT2D eigenvalue weighted by molar-refractivity contribution is 7.91. The molecule has 2 fully saturated rings. The van der Waals surface area contributed by atoms with Gasteiger partial charge in [-0.05, 0) is 43.5 Å². The van der Waals surface area contributed by atoms with E-state index in [1.54, 1.807) is 29.2 Å². The van der Waals surface area contributed by atoms with Gasteiger partial charge in [0.1, 0.15) is 0 Å². The van der Waals surface area contributed by atoms with E-state index in [0.29, 0.717) is 30.7 Å². The Bertz CT molecular complexity index is 746. The van der Waals surface area contributed by atoms with Crippen molar-refractivity contribution in [3.63, 3.8) is 0 Å². The van der Waals surface area contributed by atoms with Crippen LogP contribution >= 0.6 is 0 Å². The number of nitrogens with zero attached hydrogens (tertiary/aromatic N) is 2. The SMILES string of the molecule is N#Cc1ccc(C(=O)N(CC2CCCO2)C2CCS(=O)(=O)C2)cc1. The lowest BCUT2D eigenvalue weighted by molar-refractivity contribution is 0.0441. The van der Waals surface area contributed by atoms with Crippen LogP contribution in [0.4, 0.5) is 0 Å². The molecule has 0 saturated carbocycles. The fraction of sp³-hybridized carbons (Fsp3) is 0.529. The third-order valence-corrected chi connectivity index (χ3v) is 6.35. The molecule has 2 aliphatic heterocycles. The van der Waals surface area contributed by atoms with Gasteiger partial charge in [-0.15, -0.1) is 0 Å². The molecule has 2 aliphatic rings. The van der Waals surface area contributed by atoms with Crippen LogP contribution in [-0.4, -0.2) is 56.0 Å². The van der Waals surface area contributed by atoms with Gasteiger partial charge in [0, 0.05) is 24.8 Å². The van der Waals surface area contributed by atoms with Crippen LogP contribution in [0.5, 0.6) is 0 Å². The number of nitriles is 1. The molecule has 7 heteroatoms. The summed E-state index contributed by atoms with van der Waals surface area (Å²) in [4.78, 5) is 14.6. The molecule has 3 rings (SSSR count). The van der Waals surface area contributed by atoms with E-state index >= 15 is 0 Å². The fourth-order valence-corrected chi connectivity index (χ4v) is 5.01. The zero-order valence-corrected chi connectivity index (χ0v) is 14.2. The van der Waals surface area contributed by atoms with Gasteiger partial charge >= 0.3 is 0 Å². The van der Waals surface area contributed by atoms with E-state index in [9.17, 15) is 13.2 Å². The van der Waals surface area contributed by atoms with Gasteiger partial charge in [-0.2, -0.15) is 5.26 Å². The number of amides is 1. The lowest BCUT2D eigenvalue weighted by atomic mass is 10.1. The first-order valence-corrected chi connectivity index (χ1v) is 9.94. The highest BCUT2D eigenvalue weighted by atomic mass is 32.2. The minimum absolute atomic E-state index is 0.0156. The van der Waals surface area contributed by atoms with Crippen molar-refractivity contribution >= 4 is 15.7 Å². The van der Waals surface area contributed by atoms with E-state index in [2.05, 4.69) is 0 Å². The predicted octanol–water partition coefficient (Wildman–Crippen LogP) is 1.37. The number of sulfone groups is 1. The number of benzene rings is 1. The van der Waals surface area contributed by atoms with Crippen molar-refractivity contribution in [1.29, 1.82) is 5.26 Å². The minimum atomic E-state index is -3.08. The third-order valence-electron chi connectivity index (χ3n) is 4.60. The Morgan fingerprint density at radius 3 is 2.58 bits per heavy atom. The second kappa shape index (κ2) is 6.91. The van der Waals surface area contributed by atoms with Crippen molar-refractivity contribution in [3.8, 4) is 6.07 Å². The van der Waals surface area contributed by atoms with E-state index in [1.807, 2.05) is 6.07 Å². The molecule has 0 spiro atoms. The summed E-state index contributed by atoms with van der Waals surface area (Å²) in [6.07, 6.45) is 2.29. The zero-order valence-electron chi connectivity index (χ0n) is 13.3. The molecule has 128 valence electrons. The van der Waals surface area contributed by atoms with Gasteiger partial charge in [0.15, 0.2) is 9.84 Å². The molecule has 2 atom stereocenters. The number of hydrogen-bond donors (Lipinski definition) is 0. The quantitative estimate of drug-likeness (QED) is 0.820. The van der Waals surface area contributed by atoms with Crippen LogP contribution in [0.2, 0.25) is 0 Å². The van der Waals surface area contributed by atoms with Crippen molar-refractivity contribution in [3.05, 3.63) is 35.4 Å². The lowest BCUT2D eigenvalue weighted by Crippen LogP contribution is -2.45.